The fourth-order valence-corrected chi connectivity index (χ4v) is 3.56. The van der Waals surface area contributed by atoms with Crippen LogP contribution in [0.4, 0.5) is 0 Å². The second kappa shape index (κ2) is 12.7. The molecule has 8 nitrogen and oxygen atoms in total. The minimum atomic E-state index is -1.17. The van der Waals surface area contributed by atoms with Crippen molar-refractivity contribution in [2.45, 2.75) is 0 Å². The molecule has 0 spiro atoms. The van der Waals surface area contributed by atoms with Crippen LogP contribution in [-0.4, -0.2) is 43.9 Å². The molecule has 0 aliphatic heterocycles. The molecular formula is C32H24O8. The molecule has 0 amide bonds. The summed E-state index contributed by atoms with van der Waals surface area (Å²) in [4.78, 5) is 46.0. The van der Waals surface area contributed by atoms with Crippen molar-refractivity contribution in [3.63, 3.8) is 0 Å². The number of phenolic OH excluding ortho intramolecular Hbond substituents is 2. The van der Waals surface area contributed by atoms with Crippen LogP contribution in [0.3, 0.4) is 0 Å². The largest absolute Gasteiger partial charge is 0.507 e. The lowest BCUT2D eigenvalue weighted by atomic mass is 9.99. The summed E-state index contributed by atoms with van der Waals surface area (Å²) in [5.74, 6) is -3.53. The molecule has 0 atom stereocenters. The van der Waals surface area contributed by atoms with Crippen molar-refractivity contribution in [1.29, 1.82) is 0 Å². The average Bonchev–Trinajstić information content (AvgIpc) is 2.96. The second-order valence-corrected chi connectivity index (χ2v) is 8.42. The molecule has 0 unspecified atom stereocenters. The Kier molecular flexibility index (Phi) is 9.12. The van der Waals surface area contributed by atoms with Crippen LogP contribution >= 0.6 is 0 Å². The van der Waals surface area contributed by atoms with E-state index in [1.165, 1.54) is 36.4 Å². The van der Waals surface area contributed by atoms with Gasteiger partial charge in [-0.25, -0.2) is 9.59 Å². The number of carbonyl (C=O) groups excluding carboxylic acids is 2. The van der Waals surface area contributed by atoms with Gasteiger partial charge in [0, 0.05) is 11.1 Å². The highest BCUT2D eigenvalue weighted by Gasteiger charge is 2.17. The molecular weight excluding hydrogens is 512 g/mol. The summed E-state index contributed by atoms with van der Waals surface area (Å²) >= 11 is 0. The van der Waals surface area contributed by atoms with Crippen LogP contribution in [0.1, 0.15) is 43.0 Å². The number of carbonyl (C=O) groups is 4. The molecule has 0 saturated carbocycles. The molecule has 0 radical (unpaired) electrons. The van der Waals surface area contributed by atoms with Gasteiger partial charge < -0.3 is 20.4 Å². The first-order valence-corrected chi connectivity index (χ1v) is 11.7. The fraction of sp³-hybridized carbons (Fsp3) is 0. The first-order valence-electron chi connectivity index (χ1n) is 11.7. The van der Waals surface area contributed by atoms with Gasteiger partial charge in [-0.15, -0.1) is 0 Å². The number of rotatable bonds is 8. The Hall–Kier alpha value is -5.76. The highest BCUT2D eigenvalue weighted by molar-refractivity contribution is 6.16. The van der Waals surface area contributed by atoms with Gasteiger partial charge in [0.1, 0.15) is 11.5 Å². The van der Waals surface area contributed by atoms with Crippen LogP contribution < -0.4 is 0 Å². The lowest BCUT2D eigenvalue weighted by molar-refractivity contribution is -0.131. The van der Waals surface area contributed by atoms with Gasteiger partial charge >= 0.3 is 11.9 Å². The van der Waals surface area contributed by atoms with Gasteiger partial charge in [-0.3, -0.25) is 9.59 Å². The van der Waals surface area contributed by atoms with Crippen molar-refractivity contribution in [2.24, 2.45) is 0 Å². The van der Waals surface area contributed by atoms with Crippen molar-refractivity contribution in [2.75, 3.05) is 0 Å². The molecule has 0 saturated heterocycles. The minimum Gasteiger partial charge on any atom is -0.507 e. The van der Waals surface area contributed by atoms with Crippen molar-refractivity contribution < 1.29 is 39.6 Å². The van der Waals surface area contributed by atoms with E-state index in [0.717, 1.165) is 0 Å². The Morgan fingerprint density at radius 1 is 0.475 bits per heavy atom. The first kappa shape index (κ1) is 28.8. The highest BCUT2D eigenvalue weighted by Crippen LogP contribution is 2.26. The van der Waals surface area contributed by atoms with Crippen molar-refractivity contribution >= 4 is 34.7 Å². The van der Waals surface area contributed by atoms with Gasteiger partial charge in [-0.05, 0) is 35.4 Å². The highest BCUT2D eigenvalue weighted by atomic mass is 16.4. The maximum absolute atomic E-state index is 12.2. The van der Waals surface area contributed by atoms with E-state index in [-0.39, 0.29) is 56.5 Å². The third-order valence-corrected chi connectivity index (χ3v) is 5.77. The van der Waals surface area contributed by atoms with Gasteiger partial charge in [-0.2, -0.15) is 0 Å². The Balaban J connectivity index is 0.000000220. The van der Waals surface area contributed by atoms with Gasteiger partial charge in [0.2, 0.25) is 0 Å². The molecule has 4 N–H and O–H groups in total. The summed E-state index contributed by atoms with van der Waals surface area (Å²) < 4.78 is 0. The lowest BCUT2D eigenvalue weighted by Crippen LogP contribution is -2.03. The topological polar surface area (TPSA) is 149 Å². The van der Waals surface area contributed by atoms with E-state index in [4.69, 9.17) is 10.2 Å². The number of aliphatic carboxylic acids is 2. The zero-order chi connectivity index (χ0) is 29.4. The number of carboxylic acid groups (broad SMARTS) is 2. The van der Waals surface area contributed by atoms with Crippen molar-refractivity contribution in [3.05, 3.63) is 144 Å². The number of hydrogen-bond donors (Lipinski definition) is 4. The normalized spacial score (nSPS) is 10.0. The summed E-state index contributed by atoms with van der Waals surface area (Å²) in [6, 6.07) is 25.2. The van der Waals surface area contributed by atoms with Gasteiger partial charge in [0.05, 0.1) is 22.3 Å². The SMILES string of the molecule is C=C(C(=O)O)c1ccc(C(=O)c2ccccc2)c(O)c1.C=C(C(=O)O)c1ccc(C(=O)c2ccccc2)c(O)c1. The molecule has 0 bridgehead atoms. The molecule has 0 aliphatic carbocycles. The lowest BCUT2D eigenvalue weighted by Gasteiger charge is -2.07. The van der Waals surface area contributed by atoms with Crippen LogP contribution in [-0.2, 0) is 9.59 Å². The van der Waals surface area contributed by atoms with E-state index in [2.05, 4.69) is 13.2 Å². The molecule has 0 heterocycles. The summed E-state index contributed by atoms with van der Waals surface area (Å²) in [5, 5.41) is 37.5. The molecule has 40 heavy (non-hydrogen) atoms. The maximum Gasteiger partial charge on any atom is 0.335 e. The van der Waals surface area contributed by atoms with E-state index < -0.39 is 11.9 Å². The Morgan fingerprint density at radius 3 is 1.07 bits per heavy atom. The third-order valence-electron chi connectivity index (χ3n) is 5.77. The molecule has 4 aromatic carbocycles. The van der Waals surface area contributed by atoms with E-state index in [9.17, 15) is 29.4 Å². The average molecular weight is 537 g/mol. The summed E-state index contributed by atoms with van der Waals surface area (Å²) in [7, 11) is 0. The number of carboxylic acids is 2. The number of ketones is 2. The summed E-state index contributed by atoms with van der Waals surface area (Å²) in [6.07, 6.45) is 0. The predicted molar refractivity (Wildman–Crippen MR) is 149 cm³/mol. The second-order valence-electron chi connectivity index (χ2n) is 8.42. The molecule has 0 fully saturated rings. The zero-order valence-electron chi connectivity index (χ0n) is 21.1. The Bertz CT molecular complexity index is 1500. The van der Waals surface area contributed by atoms with Crippen LogP contribution in [0, 0.1) is 0 Å². The molecule has 200 valence electrons. The molecule has 4 rings (SSSR count). The quantitative estimate of drug-likeness (QED) is 0.172. The summed E-state index contributed by atoms with van der Waals surface area (Å²) in [6.45, 7) is 6.81. The third kappa shape index (κ3) is 6.76. The van der Waals surface area contributed by atoms with E-state index in [0.29, 0.717) is 11.1 Å². The van der Waals surface area contributed by atoms with E-state index in [1.807, 2.05) is 0 Å². The van der Waals surface area contributed by atoms with Crippen LogP contribution in [0.2, 0.25) is 0 Å². The minimum absolute atomic E-state index is 0.123. The first-order chi connectivity index (χ1) is 19.0. The van der Waals surface area contributed by atoms with E-state index >= 15 is 0 Å². The fourth-order valence-electron chi connectivity index (χ4n) is 3.56. The number of hydrogen-bond acceptors (Lipinski definition) is 6. The molecule has 0 aromatic heterocycles. The molecule has 4 aromatic rings. The smallest absolute Gasteiger partial charge is 0.335 e. The Labute approximate surface area is 229 Å². The molecule has 8 heteroatoms. The van der Waals surface area contributed by atoms with Gasteiger partial charge in [0.25, 0.3) is 0 Å². The Morgan fingerprint density at radius 2 is 0.800 bits per heavy atom. The van der Waals surface area contributed by atoms with Crippen molar-refractivity contribution in [1.82, 2.24) is 0 Å². The van der Waals surface area contributed by atoms with Gasteiger partial charge in [0.15, 0.2) is 11.6 Å². The zero-order valence-corrected chi connectivity index (χ0v) is 21.1. The number of phenols is 2. The van der Waals surface area contributed by atoms with Crippen LogP contribution in [0.5, 0.6) is 11.5 Å². The number of aromatic hydroxyl groups is 2. The van der Waals surface area contributed by atoms with Crippen LogP contribution in [0.25, 0.3) is 11.1 Å². The van der Waals surface area contributed by atoms with E-state index in [1.54, 1.807) is 60.7 Å². The maximum atomic E-state index is 12.2. The van der Waals surface area contributed by atoms with Crippen LogP contribution in [0.15, 0.2) is 110 Å². The monoisotopic (exact) mass is 536 g/mol. The standard InChI is InChI=1S/2C16H12O4/c2*1-10(16(19)20)12-7-8-13(14(17)9-12)15(18)11-5-3-2-4-6-11/h2*2-9,17H,1H2,(H,19,20). The predicted octanol–water partition coefficient (Wildman–Crippen LogP) is 5.44. The molecule has 0 aliphatic rings. The van der Waals surface area contributed by atoms with Crippen molar-refractivity contribution in [3.8, 4) is 11.5 Å². The van der Waals surface area contributed by atoms with Gasteiger partial charge in [-0.1, -0.05) is 86.0 Å². The summed E-state index contributed by atoms with van der Waals surface area (Å²) in [5.41, 5.74) is 1.40. The number of benzene rings is 4.